The zero-order valence-corrected chi connectivity index (χ0v) is 11.8. The highest BCUT2D eigenvalue weighted by atomic mass is 16.3. The third-order valence-electron chi connectivity index (χ3n) is 6.04. The number of fused-ring (bicyclic) bond motifs is 4. The van der Waals surface area contributed by atoms with Gasteiger partial charge >= 0.3 is 0 Å². The number of hydrogen-bond donors (Lipinski definition) is 1. The molecule has 5 atom stereocenters. The summed E-state index contributed by atoms with van der Waals surface area (Å²) in [6, 6.07) is 3.89. The molecular weight excluding hydrogens is 252 g/mol. The molecule has 4 unspecified atom stereocenters. The van der Waals surface area contributed by atoms with Crippen molar-refractivity contribution in [2.45, 2.75) is 56.5 Å². The van der Waals surface area contributed by atoms with Crippen LogP contribution in [0.2, 0.25) is 0 Å². The molecule has 3 aliphatic carbocycles. The summed E-state index contributed by atoms with van der Waals surface area (Å²) in [4.78, 5) is 12.8. The Morgan fingerprint density at radius 2 is 2.10 bits per heavy atom. The Labute approximate surface area is 119 Å². The number of hydrogen-bond acceptors (Lipinski definition) is 3. The number of aliphatic hydroxyl groups is 1. The van der Waals surface area contributed by atoms with Crippen molar-refractivity contribution in [1.29, 1.82) is 0 Å². The molecule has 0 saturated heterocycles. The number of ketones is 1. The second-order valence-corrected chi connectivity index (χ2v) is 6.88. The average molecular weight is 274 g/mol. The maximum atomic E-state index is 12.8. The number of carbonyl (C=O) groups is 1. The van der Waals surface area contributed by atoms with Crippen LogP contribution in [0.4, 0.5) is 0 Å². The van der Waals surface area contributed by atoms with Crippen LogP contribution in [0, 0.1) is 17.8 Å². The lowest BCUT2D eigenvalue weighted by Gasteiger charge is -2.55. The SMILES string of the molecule is O=C1C2CCC[C@@H]1C1(O)CCCCC1C2c1ccco1. The summed E-state index contributed by atoms with van der Waals surface area (Å²) < 4.78 is 5.64. The molecule has 2 bridgehead atoms. The highest BCUT2D eigenvalue weighted by molar-refractivity contribution is 5.87. The lowest BCUT2D eigenvalue weighted by atomic mass is 9.50. The summed E-state index contributed by atoms with van der Waals surface area (Å²) in [5.74, 6) is 1.48. The summed E-state index contributed by atoms with van der Waals surface area (Å²) in [5, 5.41) is 11.3. The van der Waals surface area contributed by atoms with E-state index in [0.29, 0.717) is 5.78 Å². The van der Waals surface area contributed by atoms with E-state index in [-0.39, 0.29) is 23.7 Å². The van der Waals surface area contributed by atoms with Crippen molar-refractivity contribution in [1.82, 2.24) is 0 Å². The minimum absolute atomic E-state index is 0.0725. The summed E-state index contributed by atoms with van der Waals surface area (Å²) in [5.41, 5.74) is -0.774. The van der Waals surface area contributed by atoms with Crippen molar-refractivity contribution in [3.63, 3.8) is 0 Å². The Morgan fingerprint density at radius 1 is 1.20 bits per heavy atom. The van der Waals surface area contributed by atoms with Gasteiger partial charge in [0.05, 0.1) is 11.9 Å². The van der Waals surface area contributed by atoms with Crippen LogP contribution < -0.4 is 0 Å². The van der Waals surface area contributed by atoms with Gasteiger partial charge in [-0.1, -0.05) is 19.3 Å². The molecule has 3 saturated carbocycles. The lowest BCUT2D eigenvalue weighted by Crippen LogP contribution is -2.60. The highest BCUT2D eigenvalue weighted by Crippen LogP contribution is 2.58. The Balaban J connectivity index is 1.82. The van der Waals surface area contributed by atoms with Crippen molar-refractivity contribution in [3.05, 3.63) is 24.2 Å². The van der Waals surface area contributed by atoms with Gasteiger partial charge in [-0.3, -0.25) is 4.79 Å². The Kier molecular flexibility index (Phi) is 2.81. The van der Waals surface area contributed by atoms with Gasteiger partial charge in [-0.2, -0.15) is 0 Å². The van der Waals surface area contributed by atoms with Gasteiger partial charge in [0.25, 0.3) is 0 Å². The van der Waals surface area contributed by atoms with Crippen LogP contribution in [-0.4, -0.2) is 16.5 Å². The van der Waals surface area contributed by atoms with Gasteiger partial charge in [0, 0.05) is 17.8 Å². The topological polar surface area (TPSA) is 50.4 Å². The molecule has 3 fully saturated rings. The maximum absolute atomic E-state index is 12.8. The molecule has 1 N–H and O–H groups in total. The van der Waals surface area contributed by atoms with Crippen LogP contribution in [0.1, 0.15) is 56.6 Å². The van der Waals surface area contributed by atoms with E-state index in [1.165, 1.54) is 0 Å². The molecule has 0 radical (unpaired) electrons. The monoisotopic (exact) mass is 274 g/mol. The number of rotatable bonds is 1. The molecule has 0 spiro atoms. The molecule has 20 heavy (non-hydrogen) atoms. The van der Waals surface area contributed by atoms with Crippen molar-refractivity contribution >= 4 is 5.78 Å². The van der Waals surface area contributed by atoms with E-state index in [2.05, 4.69) is 0 Å². The molecule has 1 heterocycles. The smallest absolute Gasteiger partial charge is 0.142 e. The molecule has 1 aromatic heterocycles. The minimum Gasteiger partial charge on any atom is -0.469 e. The van der Waals surface area contributed by atoms with Crippen LogP contribution in [0.3, 0.4) is 0 Å². The van der Waals surface area contributed by atoms with Crippen LogP contribution in [-0.2, 0) is 4.79 Å². The third-order valence-corrected chi connectivity index (χ3v) is 6.04. The van der Waals surface area contributed by atoms with Crippen molar-refractivity contribution in [2.24, 2.45) is 17.8 Å². The highest BCUT2D eigenvalue weighted by Gasteiger charge is 2.60. The molecule has 1 aromatic rings. The first-order valence-corrected chi connectivity index (χ1v) is 8.01. The maximum Gasteiger partial charge on any atom is 0.142 e. The first-order chi connectivity index (χ1) is 9.72. The summed E-state index contributed by atoms with van der Waals surface area (Å²) in [6.45, 7) is 0. The minimum atomic E-state index is -0.774. The molecule has 0 aromatic carbocycles. The molecule has 3 heteroatoms. The van der Waals surface area contributed by atoms with E-state index < -0.39 is 5.60 Å². The van der Waals surface area contributed by atoms with E-state index in [1.54, 1.807) is 6.26 Å². The molecule has 0 aliphatic heterocycles. The largest absolute Gasteiger partial charge is 0.469 e. The normalized spacial score (nSPS) is 44.1. The van der Waals surface area contributed by atoms with Crippen LogP contribution >= 0.6 is 0 Å². The molecule has 0 amide bonds. The lowest BCUT2D eigenvalue weighted by molar-refractivity contribution is -0.174. The predicted octanol–water partition coefficient (Wildman–Crippen LogP) is 3.28. The second-order valence-electron chi connectivity index (χ2n) is 6.88. The van der Waals surface area contributed by atoms with Gasteiger partial charge in [0.15, 0.2) is 0 Å². The van der Waals surface area contributed by atoms with Gasteiger partial charge in [-0.15, -0.1) is 0 Å². The van der Waals surface area contributed by atoms with E-state index in [9.17, 15) is 9.90 Å². The number of Topliss-reactive ketones (excluding diaryl/α,β-unsaturated/α-hetero) is 1. The Morgan fingerprint density at radius 3 is 2.90 bits per heavy atom. The van der Waals surface area contributed by atoms with E-state index in [0.717, 1.165) is 50.7 Å². The Bertz CT molecular complexity index is 506. The molecule has 4 rings (SSSR count). The van der Waals surface area contributed by atoms with Crippen LogP contribution in [0.25, 0.3) is 0 Å². The molecule has 3 aliphatic rings. The summed E-state index contributed by atoms with van der Waals surface area (Å²) in [6.07, 6.45) is 8.63. The van der Waals surface area contributed by atoms with Gasteiger partial charge in [0.2, 0.25) is 0 Å². The van der Waals surface area contributed by atoms with Crippen molar-refractivity contribution in [3.8, 4) is 0 Å². The van der Waals surface area contributed by atoms with E-state index >= 15 is 0 Å². The van der Waals surface area contributed by atoms with Gasteiger partial charge in [-0.25, -0.2) is 0 Å². The standard InChI is InChI=1S/C17H22O3/c18-16-11-5-3-7-13(16)17(19)9-2-1-6-12(17)15(11)14-8-4-10-20-14/h4,8,10-13,15,19H,1-3,5-7,9H2/t11?,12?,13-,15?,17?/m0/s1. The third kappa shape index (κ3) is 1.59. The first kappa shape index (κ1) is 12.6. The molecule has 3 nitrogen and oxygen atoms in total. The van der Waals surface area contributed by atoms with E-state index in [1.807, 2.05) is 12.1 Å². The fraction of sp³-hybridized carbons (Fsp3) is 0.706. The van der Waals surface area contributed by atoms with Crippen molar-refractivity contribution in [2.75, 3.05) is 0 Å². The average Bonchev–Trinajstić information content (AvgIpc) is 2.95. The predicted molar refractivity (Wildman–Crippen MR) is 74.2 cm³/mol. The fourth-order valence-electron chi connectivity index (χ4n) is 5.23. The van der Waals surface area contributed by atoms with Crippen molar-refractivity contribution < 1.29 is 14.3 Å². The Hall–Kier alpha value is -1.09. The zero-order valence-electron chi connectivity index (χ0n) is 11.8. The van der Waals surface area contributed by atoms with Gasteiger partial charge < -0.3 is 9.52 Å². The number of furan rings is 1. The van der Waals surface area contributed by atoms with Gasteiger partial charge in [-0.05, 0) is 43.7 Å². The first-order valence-electron chi connectivity index (χ1n) is 8.01. The quantitative estimate of drug-likeness (QED) is 0.855. The molecule has 108 valence electrons. The molecular formula is C17H22O3. The second kappa shape index (κ2) is 4.45. The van der Waals surface area contributed by atoms with Crippen LogP contribution in [0.5, 0.6) is 0 Å². The summed E-state index contributed by atoms with van der Waals surface area (Å²) >= 11 is 0. The number of carbonyl (C=O) groups excluding carboxylic acids is 1. The fourth-order valence-corrected chi connectivity index (χ4v) is 5.23. The van der Waals surface area contributed by atoms with Crippen LogP contribution in [0.15, 0.2) is 22.8 Å². The summed E-state index contributed by atoms with van der Waals surface area (Å²) in [7, 11) is 0. The zero-order chi connectivity index (χ0) is 13.7. The van der Waals surface area contributed by atoms with E-state index in [4.69, 9.17) is 4.42 Å². The van der Waals surface area contributed by atoms with Gasteiger partial charge in [0.1, 0.15) is 11.5 Å².